The molecule has 7 rings (SSSR count). The molecule has 1 aliphatic heterocycles. The van der Waals surface area contributed by atoms with E-state index in [2.05, 4.69) is 5.32 Å². The Kier molecular flexibility index (Phi) is 8.27. The van der Waals surface area contributed by atoms with Gasteiger partial charge in [-0.15, -0.1) is 0 Å². The summed E-state index contributed by atoms with van der Waals surface area (Å²) in [7, 11) is 0. The van der Waals surface area contributed by atoms with Crippen LogP contribution in [0.5, 0.6) is 0 Å². The molecule has 3 amide bonds. The van der Waals surface area contributed by atoms with Gasteiger partial charge in [-0.1, -0.05) is 75.7 Å². The third-order valence-corrected chi connectivity index (χ3v) is 9.11. The van der Waals surface area contributed by atoms with Crippen LogP contribution in [-0.2, 0) is 28.7 Å². The number of carbonyl (C=O) groups excluding carboxylic acids is 5. The summed E-state index contributed by atoms with van der Waals surface area (Å²) >= 11 is 0. The molecule has 4 aliphatic rings. The van der Waals surface area contributed by atoms with Crippen LogP contribution in [0, 0.1) is 17.8 Å². The maximum atomic E-state index is 14.1. The molecular weight excluding hydrogens is 572 g/mol. The number of hydrogen-bond donors (Lipinski definition) is 1. The average molecular weight is 609 g/mol. The Bertz CT molecular complexity index is 1550. The van der Waals surface area contributed by atoms with Crippen molar-refractivity contribution in [2.45, 2.75) is 51.5 Å². The third-order valence-electron chi connectivity index (χ3n) is 9.11. The van der Waals surface area contributed by atoms with Crippen LogP contribution < -0.4 is 5.32 Å². The lowest BCUT2D eigenvalue weighted by Gasteiger charge is -2.45. The second-order valence-electron chi connectivity index (χ2n) is 12.2. The van der Waals surface area contributed by atoms with E-state index in [1.54, 1.807) is 38.1 Å². The average Bonchev–Trinajstić information content (AvgIpc) is 3.30. The van der Waals surface area contributed by atoms with Gasteiger partial charge in [0.05, 0.1) is 24.0 Å². The van der Waals surface area contributed by atoms with Gasteiger partial charge in [0, 0.05) is 17.5 Å². The molecule has 3 aromatic rings. The number of esters is 2. The predicted octanol–water partition coefficient (Wildman–Crippen LogP) is 5.04. The lowest BCUT2D eigenvalue weighted by atomic mass is 9.55. The summed E-state index contributed by atoms with van der Waals surface area (Å²) in [6, 6.07) is 20.9. The molecule has 1 heterocycles. The van der Waals surface area contributed by atoms with Crippen LogP contribution in [0.3, 0.4) is 0 Å². The van der Waals surface area contributed by atoms with Gasteiger partial charge in [-0.2, -0.15) is 0 Å². The topological polar surface area (TPSA) is 119 Å². The number of carbonyl (C=O) groups is 5. The van der Waals surface area contributed by atoms with E-state index in [0.717, 1.165) is 40.0 Å². The van der Waals surface area contributed by atoms with Gasteiger partial charge in [-0.3, -0.25) is 19.3 Å². The van der Waals surface area contributed by atoms with Gasteiger partial charge in [-0.25, -0.2) is 9.59 Å². The standard InChI is InChI=1S/C36H36N2O7/c1-4-5-18-44-35(42)21-14-16-22(17-15-21)37-27(39)19-45-36(43)32(20(2)3)38-33(40)30-28-23-10-6-7-11-24(23)29(31(30)34(38)41)26-13-9-8-12-25(26)28/h6-17,20,28-32H,4-5,18-19H2,1-3H3,(H,37,39)/t28?,29?,30-,31+,32-/m1/s1. The highest BCUT2D eigenvalue weighted by atomic mass is 16.5. The normalized spacial score (nSPS) is 21.6. The predicted molar refractivity (Wildman–Crippen MR) is 165 cm³/mol. The van der Waals surface area contributed by atoms with Crippen LogP contribution in [-0.4, -0.2) is 53.8 Å². The fourth-order valence-electron chi connectivity index (χ4n) is 7.15. The van der Waals surface area contributed by atoms with Crippen LogP contribution in [0.4, 0.5) is 5.69 Å². The van der Waals surface area contributed by atoms with E-state index in [0.29, 0.717) is 17.9 Å². The summed E-state index contributed by atoms with van der Waals surface area (Å²) in [5.74, 6) is -4.85. The summed E-state index contributed by atoms with van der Waals surface area (Å²) in [5, 5.41) is 2.64. The summed E-state index contributed by atoms with van der Waals surface area (Å²) in [6.45, 7) is 5.25. The zero-order chi connectivity index (χ0) is 31.8. The van der Waals surface area contributed by atoms with E-state index in [1.165, 1.54) is 0 Å². The Hall–Kier alpha value is -4.79. The largest absolute Gasteiger partial charge is 0.462 e. The highest BCUT2D eigenvalue weighted by Gasteiger charge is 2.63. The molecule has 9 nitrogen and oxygen atoms in total. The number of rotatable bonds is 10. The molecule has 3 aromatic carbocycles. The zero-order valence-electron chi connectivity index (χ0n) is 25.5. The minimum absolute atomic E-state index is 0.284. The van der Waals surface area contributed by atoms with Crippen LogP contribution in [0.1, 0.15) is 78.1 Å². The number of likely N-dealkylation sites (tertiary alicyclic amines) is 1. The molecular formula is C36H36N2O7. The molecule has 3 atom stereocenters. The second-order valence-corrected chi connectivity index (χ2v) is 12.2. The number of amides is 3. The number of unbranched alkanes of at least 4 members (excludes halogenated alkanes) is 1. The van der Waals surface area contributed by atoms with Gasteiger partial charge in [0.1, 0.15) is 6.04 Å². The molecule has 0 radical (unpaired) electrons. The van der Waals surface area contributed by atoms with Crippen molar-refractivity contribution >= 4 is 35.3 Å². The fourth-order valence-corrected chi connectivity index (χ4v) is 7.15. The van der Waals surface area contributed by atoms with Gasteiger partial charge < -0.3 is 14.8 Å². The van der Waals surface area contributed by atoms with E-state index < -0.39 is 48.2 Å². The summed E-state index contributed by atoms with van der Waals surface area (Å²) < 4.78 is 10.6. The molecule has 0 unspecified atom stereocenters. The van der Waals surface area contributed by atoms with Crippen molar-refractivity contribution in [1.82, 2.24) is 4.90 Å². The first kappa shape index (κ1) is 30.2. The minimum Gasteiger partial charge on any atom is -0.462 e. The van der Waals surface area contributed by atoms with Crippen molar-refractivity contribution in [2.24, 2.45) is 17.8 Å². The molecule has 1 N–H and O–H groups in total. The molecule has 0 spiro atoms. The van der Waals surface area contributed by atoms with Gasteiger partial charge in [-0.05, 0) is 58.9 Å². The monoisotopic (exact) mass is 608 g/mol. The van der Waals surface area contributed by atoms with Crippen LogP contribution in [0.15, 0.2) is 72.8 Å². The number of ether oxygens (including phenoxy) is 2. The minimum atomic E-state index is -1.17. The van der Waals surface area contributed by atoms with E-state index in [9.17, 15) is 24.0 Å². The first-order valence-corrected chi connectivity index (χ1v) is 15.5. The fraction of sp³-hybridized carbons (Fsp3) is 0.361. The van der Waals surface area contributed by atoms with Crippen molar-refractivity contribution in [3.63, 3.8) is 0 Å². The summed E-state index contributed by atoms with van der Waals surface area (Å²) in [6.07, 6.45) is 1.69. The van der Waals surface area contributed by atoms with Gasteiger partial charge in [0.2, 0.25) is 11.8 Å². The number of benzene rings is 3. The van der Waals surface area contributed by atoms with E-state index in [1.807, 2.05) is 55.5 Å². The Morgan fingerprint density at radius 3 is 1.76 bits per heavy atom. The molecule has 3 aliphatic carbocycles. The third kappa shape index (κ3) is 5.30. The molecule has 45 heavy (non-hydrogen) atoms. The van der Waals surface area contributed by atoms with E-state index >= 15 is 0 Å². The maximum absolute atomic E-state index is 14.1. The van der Waals surface area contributed by atoms with Crippen LogP contribution in [0.2, 0.25) is 0 Å². The van der Waals surface area contributed by atoms with Gasteiger partial charge in [0.25, 0.3) is 5.91 Å². The Morgan fingerprint density at radius 2 is 1.29 bits per heavy atom. The first-order valence-electron chi connectivity index (χ1n) is 15.5. The van der Waals surface area contributed by atoms with Gasteiger partial charge in [0.15, 0.2) is 6.61 Å². The van der Waals surface area contributed by atoms with Gasteiger partial charge >= 0.3 is 11.9 Å². The SMILES string of the molecule is CCCCOC(=O)c1ccc(NC(=O)COC(=O)[C@@H](C(C)C)N2C(=O)[C@@H]3C4c5ccccc5C(c5ccccc54)[C@@H]3C2=O)cc1. The molecule has 9 heteroatoms. The molecule has 0 saturated carbocycles. The lowest BCUT2D eigenvalue weighted by Crippen LogP contribution is -2.49. The van der Waals surface area contributed by atoms with Crippen molar-refractivity contribution in [3.05, 3.63) is 101 Å². The molecule has 232 valence electrons. The molecule has 1 fully saturated rings. The maximum Gasteiger partial charge on any atom is 0.338 e. The van der Waals surface area contributed by atoms with E-state index in [-0.39, 0.29) is 23.7 Å². The van der Waals surface area contributed by atoms with Crippen molar-refractivity contribution in [1.29, 1.82) is 0 Å². The second kappa shape index (κ2) is 12.3. The highest BCUT2D eigenvalue weighted by Crippen LogP contribution is 2.61. The van der Waals surface area contributed by atoms with Crippen LogP contribution in [0.25, 0.3) is 0 Å². The summed E-state index contributed by atoms with van der Waals surface area (Å²) in [4.78, 5) is 67.6. The smallest absolute Gasteiger partial charge is 0.338 e. The first-order chi connectivity index (χ1) is 21.7. The molecule has 2 bridgehead atoms. The van der Waals surface area contributed by atoms with Crippen molar-refractivity contribution < 1.29 is 33.4 Å². The number of nitrogens with one attached hydrogen (secondary N) is 1. The number of imide groups is 1. The quantitative estimate of drug-likeness (QED) is 0.195. The molecule has 0 aromatic heterocycles. The Balaban J connectivity index is 1.15. The van der Waals surface area contributed by atoms with Crippen LogP contribution >= 0.6 is 0 Å². The molecule has 1 saturated heterocycles. The Labute approximate surface area is 261 Å². The van der Waals surface area contributed by atoms with Crippen molar-refractivity contribution in [2.75, 3.05) is 18.5 Å². The Morgan fingerprint density at radius 1 is 0.778 bits per heavy atom. The van der Waals surface area contributed by atoms with E-state index in [4.69, 9.17) is 9.47 Å². The number of anilines is 1. The number of nitrogens with zero attached hydrogens (tertiary/aromatic N) is 1. The highest BCUT2D eigenvalue weighted by molar-refractivity contribution is 6.10. The lowest BCUT2D eigenvalue weighted by molar-refractivity contribution is -0.162. The summed E-state index contributed by atoms with van der Waals surface area (Å²) in [5.41, 5.74) is 4.96. The van der Waals surface area contributed by atoms with Crippen molar-refractivity contribution in [3.8, 4) is 0 Å². The zero-order valence-corrected chi connectivity index (χ0v) is 25.5. The number of hydrogen-bond acceptors (Lipinski definition) is 7.